The summed E-state index contributed by atoms with van der Waals surface area (Å²) in [5, 5.41) is 4.26. The summed E-state index contributed by atoms with van der Waals surface area (Å²) in [6.07, 6.45) is 8.47. The van der Waals surface area contributed by atoms with Crippen LogP contribution in [0.4, 0.5) is 11.5 Å². The van der Waals surface area contributed by atoms with Gasteiger partial charge in [0.15, 0.2) is 0 Å². The van der Waals surface area contributed by atoms with E-state index in [-0.39, 0.29) is 17.9 Å². The quantitative estimate of drug-likeness (QED) is 0.404. The monoisotopic (exact) mass is 577 g/mol. The number of fused-ring (bicyclic) bond motifs is 2. The molecule has 0 unspecified atom stereocenters. The summed E-state index contributed by atoms with van der Waals surface area (Å²) in [5.74, 6) is 1.41. The molecular weight excluding hydrogens is 545 g/mol. The number of pyridine rings is 2. The molecule has 9 heteroatoms. The zero-order valence-electron chi connectivity index (χ0n) is 22.6. The van der Waals surface area contributed by atoms with Gasteiger partial charge in [-0.05, 0) is 81.2 Å². The van der Waals surface area contributed by atoms with Crippen LogP contribution < -0.4 is 15.1 Å². The van der Waals surface area contributed by atoms with Crippen molar-refractivity contribution >= 4 is 46.5 Å². The Kier molecular flexibility index (Phi) is 7.44. The molecule has 6 rings (SSSR count). The number of amides is 2. The number of nitrogens with zero attached hydrogens (tertiary/aromatic N) is 4. The molecule has 0 radical (unpaired) electrons. The van der Waals surface area contributed by atoms with Gasteiger partial charge in [-0.25, -0.2) is 4.98 Å². The van der Waals surface area contributed by atoms with Crippen LogP contribution in [0.25, 0.3) is 0 Å². The van der Waals surface area contributed by atoms with Crippen LogP contribution in [0.2, 0.25) is 10.0 Å². The molecule has 1 saturated carbocycles. The lowest BCUT2D eigenvalue weighted by Crippen LogP contribution is -2.50. The van der Waals surface area contributed by atoms with Crippen molar-refractivity contribution in [3.63, 3.8) is 0 Å². The second-order valence-corrected chi connectivity index (χ2v) is 12.2. The zero-order valence-corrected chi connectivity index (χ0v) is 24.1. The van der Waals surface area contributed by atoms with Crippen molar-refractivity contribution in [3.05, 3.63) is 81.7 Å². The van der Waals surface area contributed by atoms with Gasteiger partial charge in [0.25, 0.3) is 5.91 Å². The van der Waals surface area contributed by atoms with Crippen molar-refractivity contribution in [1.82, 2.24) is 15.3 Å². The predicted molar refractivity (Wildman–Crippen MR) is 158 cm³/mol. The highest BCUT2D eigenvalue weighted by molar-refractivity contribution is 6.31. The maximum Gasteiger partial charge on any atom is 0.253 e. The number of aromatic nitrogens is 2. The molecule has 1 saturated heterocycles. The van der Waals surface area contributed by atoms with Gasteiger partial charge in [0.1, 0.15) is 5.82 Å². The fourth-order valence-electron chi connectivity index (χ4n) is 6.68. The van der Waals surface area contributed by atoms with Crippen molar-refractivity contribution < 1.29 is 9.59 Å². The second kappa shape index (κ2) is 11.0. The molecule has 208 valence electrons. The third kappa shape index (κ3) is 5.06. The Morgan fingerprint density at radius 2 is 1.73 bits per heavy atom. The highest BCUT2D eigenvalue weighted by Crippen LogP contribution is 2.49. The predicted octanol–water partition coefficient (Wildman–Crippen LogP) is 5.97. The molecule has 0 atom stereocenters. The molecule has 2 fully saturated rings. The lowest BCUT2D eigenvalue weighted by atomic mass is 9.73. The third-order valence-electron chi connectivity index (χ3n) is 8.94. The molecule has 2 aromatic heterocycles. The van der Waals surface area contributed by atoms with Gasteiger partial charge in [-0.2, -0.15) is 0 Å². The standard InChI is InChI=1S/C31H33Cl2N5O2/c1-20-25(16-23(33)18-34-20)29(39)36-24-9-6-21(7-10-24)19-38-27-5-3-2-4-26(27)31(30(38)40)12-14-37(15-13-31)28-11-8-22(32)17-35-28/h2-5,8,11,16-18,21,24H,6-7,9-10,12-15,19H2,1H3,(H,36,39). The van der Waals surface area contributed by atoms with Gasteiger partial charge in [-0.3, -0.25) is 14.6 Å². The number of hydrogen-bond acceptors (Lipinski definition) is 5. The zero-order chi connectivity index (χ0) is 27.9. The molecule has 0 bridgehead atoms. The highest BCUT2D eigenvalue weighted by Gasteiger charge is 2.52. The molecule has 4 heterocycles. The van der Waals surface area contributed by atoms with Crippen molar-refractivity contribution in [2.75, 3.05) is 29.4 Å². The average molecular weight is 579 g/mol. The van der Waals surface area contributed by atoms with Gasteiger partial charge in [0.2, 0.25) is 5.91 Å². The van der Waals surface area contributed by atoms with Gasteiger partial charge in [0.05, 0.1) is 26.7 Å². The molecule has 2 aliphatic heterocycles. The Labute approximate surface area is 244 Å². The topological polar surface area (TPSA) is 78.4 Å². The van der Waals surface area contributed by atoms with Crippen LogP contribution in [-0.2, 0) is 10.2 Å². The lowest BCUT2D eigenvalue weighted by molar-refractivity contribution is -0.124. The van der Waals surface area contributed by atoms with E-state index in [1.165, 1.54) is 0 Å². The lowest BCUT2D eigenvalue weighted by Gasteiger charge is -2.39. The van der Waals surface area contributed by atoms with E-state index in [4.69, 9.17) is 23.2 Å². The van der Waals surface area contributed by atoms with Gasteiger partial charge < -0.3 is 15.1 Å². The van der Waals surface area contributed by atoms with Crippen LogP contribution in [0.3, 0.4) is 0 Å². The molecule has 1 N–H and O–H groups in total. The van der Waals surface area contributed by atoms with Crippen LogP contribution in [0.5, 0.6) is 0 Å². The van der Waals surface area contributed by atoms with Crippen LogP contribution in [0, 0.1) is 12.8 Å². The average Bonchev–Trinajstić information content (AvgIpc) is 3.19. The number of nitrogens with one attached hydrogen (secondary N) is 1. The van der Waals surface area contributed by atoms with Gasteiger partial charge in [-0.1, -0.05) is 41.4 Å². The number of halogens is 2. The summed E-state index contributed by atoms with van der Waals surface area (Å²) >= 11 is 12.1. The molecule has 7 nitrogen and oxygen atoms in total. The number of carbonyl (C=O) groups excluding carboxylic acids is 2. The molecule has 1 aliphatic carbocycles. The molecule has 1 aromatic carbocycles. The fraction of sp³-hybridized carbons (Fsp3) is 0.419. The normalized spacial score (nSPS) is 21.9. The van der Waals surface area contributed by atoms with Gasteiger partial charge >= 0.3 is 0 Å². The van der Waals surface area contributed by atoms with E-state index in [9.17, 15) is 9.59 Å². The SMILES string of the molecule is Cc1ncc(Cl)cc1C(=O)NC1CCC(CN2C(=O)C3(CCN(c4ccc(Cl)cn4)CC3)c3ccccc32)CC1. The summed E-state index contributed by atoms with van der Waals surface area (Å²) in [5.41, 5.74) is 2.94. The van der Waals surface area contributed by atoms with Crippen LogP contribution in [-0.4, -0.2) is 47.5 Å². The number of anilines is 2. The van der Waals surface area contributed by atoms with Gasteiger partial charge in [0, 0.05) is 43.8 Å². The van der Waals surface area contributed by atoms with E-state index in [0.29, 0.717) is 27.2 Å². The van der Waals surface area contributed by atoms with E-state index in [0.717, 1.165) is 75.2 Å². The van der Waals surface area contributed by atoms with E-state index in [1.807, 2.05) is 25.1 Å². The maximum absolute atomic E-state index is 14.1. The summed E-state index contributed by atoms with van der Waals surface area (Å²) in [7, 11) is 0. The maximum atomic E-state index is 14.1. The number of piperidine rings is 1. The molecular formula is C31H33Cl2N5O2. The minimum atomic E-state index is -0.479. The number of hydrogen-bond donors (Lipinski definition) is 1. The molecule has 1 spiro atoms. The number of rotatable bonds is 5. The van der Waals surface area contributed by atoms with Crippen molar-refractivity contribution in [2.24, 2.45) is 5.92 Å². The van der Waals surface area contributed by atoms with Crippen molar-refractivity contribution in [3.8, 4) is 0 Å². The minimum Gasteiger partial charge on any atom is -0.357 e. The van der Waals surface area contributed by atoms with Crippen LogP contribution in [0.15, 0.2) is 54.9 Å². The third-order valence-corrected chi connectivity index (χ3v) is 9.37. The Balaban J connectivity index is 1.10. The van der Waals surface area contributed by atoms with E-state index >= 15 is 0 Å². The minimum absolute atomic E-state index is 0.112. The number of aryl methyl sites for hydroxylation is 1. The second-order valence-electron chi connectivity index (χ2n) is 11.3. The van der Waals surface area contributed by atoms with Gasteiger partial charge in [-0.15, -0.1) is 0 Å². The molecule has 3 aromatic rings. The number of benzene rings is 1. The first-order valence-corrected chi connectivity index (χ1v) is 14.8. The van der Waals surface area contributed by atoms with Crippen molar-refractivity contribution in [2.45, 2.75) is 56.9 Å². The Hall–Kier alpha value is -3.16. The first kappa shape index (κ1) is 27.0. The Morgan fingerprint density at radius 3 is 2.45 bits per heavy atom. The molecule has 40 heavy (non-hydrogen) atoms. The fourth-order valence-corrected chi connectivity index (χ4v) is 6.95. The molecule has 2 amide bonds. The Bertz CT molecular complexity index is 1410. The summed E-state index contributed by atoms with van der Waals surface area (Å²) in [6.45, 7) is 4.08. The van der Waals surface area contributed by atoms with Crippen LogP contribution in [0.1, 0.15) is 60.1 Å². The number of para-hydroxylation sites is 1. The first-order valence-electron chi connectivity index (χ1n) is 14.0. The number of carbonyl (C=O) groups is 2. The summed E-state index contributed by atoms with van der Waals surface area (Å²) in [4.78, 5) is 40.0. The van der Waals surface area contributed by atoms with E-state index in [1.54, 1.807) is 18.5 Å². The summed E-state index contributed by atoms with van der Waals surface area (Å²) in [6, 6.07) is 13.9. The Morgan fingerprint density at radius 1 is 1.00 bits per heavy atom. The molecule has 3 aliphatic rings. The van der Waals surface area contributed by atoms with E-state index < -0.39 is 5.41 Å². The first-order chi connectivity index (χ1) is 19.3. The van der Waals surface area contributed by atoms with Crippen LogP contribution >= 0.6 is 23.2 Å². The van der Waals surface area contributed by atoms with Crippen molar-refractivity contribution in [1.29, 1.82) is 0 Å². The van der Waals surface area contributed by atoms with E-state index in [2.05, 4.69) is 43.3 Å². The largest absolute Gasteiger partial charge is 0.357 e. The highest BCUT2D eigenvalue weighted by atomic mass is 35.5. The smallest absolute Gasteiger partial charge is 0.253 e. The summed E-state index contributed by atoms with van der Waals surface area (Å²) < 4.78 is 0.